The molecule has 0 spiro atoms. The highest BCUT2D eigenvalue weighted by molar-refractivity contribution is 5.62. The van der Waals surface area contributed by atoms with E-state index < -0.39 is 0 Å². The molecule has 120 valence electrons. The first-order valence-corrected chi connectivity index (χ1v) is 7.97. The SMILES string of the molecule is Cn1cc(-c2cnc3ccc(NC4CCC(O)CC4)nn23)cn1. The second-order valence-corrected chi connectivity index (χ2v) is 6.18. The summed E-state index contributed by atoms with van der Waals surface area (Å²) in [6, 6.07) is 4.29. The van der Waals surface area contributed by atoms with E-state index in [2.05, 4.69) is 20.5 Å². The third-order valence-corrected chi connectivity index (χ3v) is 4.41. The Bertz CT molecular complexity index is 815. The Hall–Kier alpha value is -2.41. The van der Waals surface area contributed by atoms with Gasteiger partial charge in [-0.15, -0.1) is 5.10 Å². The summed E-state index contributed by atoms with van der Waals surface area (Å²) in [6.07, 6.45) is 9.09. The molecule has 7 heteroatoms. The molecule has 0 radical (unpaired) electrons. The van der Waals surface area contributed by atoms with Crippen LogP contribution in [0, 0.1) is 0 Å². The number of aliphatic hydroxyl groups excluding tert-OH is 1. The number of aliphatic hydroxyl groups is 1. The Kier molecular flexibility index (Phi) is 3.49. The second-order valence-electron chi connectivity index (χ2n) is 6.18. The molecule has 0 aliphatic heterocycles. The number of rotatable bonds is 3. The van der Waals surface area contributed by atoms with Crippen molar-refractivity contribution in [2.45, 2.75) is 37.8 Å². The lowest BCUT2D eigenvalue weighted by Crippen LogP contribution is -2.28. The van der Waals surface area contributed by atoms with Crippen LogP contribution in [0.5, 0.6) is 0 Å². The standard InChI is InChI=1S/C16H20N6O/c1-21-10-11(8-18-21)14-9-17-16-7-6-15(20-22(14)16)19-12-2-4-13(23)5-3-12/h6-10,12-13,23H,2-5H2,1H3,(H,19,20). The maximum atomic E-state index is 9.61. The first-order valence-electron chi connectivity index (χ1n) is 7.97. The van der Waals surface area contributed by atoms with Gasteiger partial charge in [-0.2, -0.15) is 5.10 Å². The Labute approximate surface area is 134 Å². The molecular weight excluding hydrogens is 292 g/mol. The van der Waals surface area contributed by atoms with Crippen molar-refractivity contribution in [1.82, 2.24) is 24.4 Å². The predicted octanol–water partition coefficient (Wildman–Crippen LogP) is 1.85. The molecule has 4 rings (SSSR count). The normalized spacial score (nSPS) is 21.7. The summed E-state index contributed by atoms with van der Waals surface area (Å²) < 4.78 is 3.61. The molecule has 0 aromatic carbocycles. The number of hydrogen-bond acceptors (Lipinski definition) is 5. The van der Waals surface area contributed by atoms with Crippen LogP contribution in [0.1, 0.15) is 25.7 Å². The van der Waals surface area contributed by atoms with Gasteiger partial charge in [-0.1, -0.05) is 0 Å². The quantitative estimate of drug-likeness (QED) is 0.771. The van der Waals surface area contributed by atoms with Gasteiger partial charge < -0.3 is 10.4 Å². The zero-order valence-electron chi connectivity index (χ0n) is 13.1. The van der Waals surface area contributed by atoms with Crippen LogP contribution in [0.2, 0.25) is 0 Å². The van der Waals surface area contributed by atoms with Crippen LogP contribution in [0.3, 0.4) is 0 Å². The molecule has 3 heterocycles. The van der Waals surface area contributed by atoms with E-state index in [4.69, 9.17) is 0 Å². The van der Waals surface area contributed by atoms with E-state index >= 15 is 0 Å². The van der Waals surface area contributed by atoms with E-state index in [1.165, 1.54) is 0 Å². The summed E-state index contributed by atoms with van der Waals surface area (Å²) >= 11 is 0. The monoisotopic (exact) mass is 312 g/mol. The molecule has 3 aromatic rings. The van der Waals surface area contributed by atoms with Crippen LogP contribution in [0.25, 0.3) is 16.9 Å². The number of anilines is 1. The number of imidazole rings is 1. The summed E-state index contributed by atoms with van der Waals surface area (Å²) in [6.45, 7) is 0. The summed E-state index contributed by atoms with van der Waals surface area (Å²) in [7, 11) is 1.89. The first kappa shape index (κ1) is 14.2. The van der Waals surface area contributed by atoms with Crippen molar-refractivity contribution in [3.05, 3.63) is 30.7 Å². The average Bonchev–Trinajstić information content (AvgIpc) is 3.15. The third-order valence-electron chi connectivity index (χ3n) is 4.41. The topological polar surface area (TPSA) is 80.3 Å². The molecule has 0 atom stereocenters. The molecular formula is C16H20N6O. The van der Waals surface area contributed by atoms with E-state index in [-0.39, 0.29) is 6.10 Å². The van der Waals surface area contributed by atoms with Gasteiger partial charge in [0.15, 0.2) is 5.65 Å². The largest absolute Gasteiger partial charge is 0.393 e. The van der Waals surface area contributed by atoms with Crippen molar-refractivity contribution in [2.24, 2.45) is 7.05 Å². The van der Waals surface area contributed by atoms with E-state index in [0.717, 1.165) is 48.4 Å². The minimum atomic E-state index is -0.144. The maximum absolute atomic E-state index is 9.61. The minimum absolute atomic E-state index is 0.144. The van der Waals surface area contributed by atoms with Gasteiger partial charge in [-0.05, 0) is 37.8 Å². The summed E-state index contributed by atoms with van der Waals surface area (Å²) in [5.74, 6) is 0.835. The Morgan fingerprint density at radius 2 is 2.00 bits per heavy atom. The summed E-state index contributed by atoms with van der Waals surface area (Å²) in [5, 5.41) is 22.0. The first-order chi connectivity index (χ1) is 11.2. The van der Waals surface area contributed by atoms with Crippen LogP contribution < -0.4 is 5.32 Å². The lowest BCUT2D eigenvalue weighted by atomic mass is 9.93. The van der Waals surface area contributed by atoms with Crippen LogP contribution in [-0.4, -0.2) is 41.6 Å². The number of hydrogen-bond donors (Lipinski definition) is 2. The molecule has 0 amide bonds. The van der Waals surface area contributed by atoms with Crippen molar-refractivity contribution in [1.29, 1.82) is 0 Å². The number of nitrogens with zero attached hydrogens (tertiary/aromatic N) is 5. The summed E-state index contributed by atoms with van der Waals surface area (Å²) in [5.41, 5.74) is 2.73. The van der Waals surface area contributed by atoms with Gasteiger partial charge in [0.25, 0.3) is 0 Å². The number of nitrogens with one attached hydrogen (secondary N) is 1. The van der Waals surface area contributed by atoms with E-state index in [1.807, 2.05) is 42.3 Å². The van der Waals surface area contributed by atoms with E-state index in [0.29, 0.717) is 6.04 Å². The highest BCUT2D eigenvalue weighted by Crippen LogP contribution is 2.23. The van der Waals surface area contributed by atoms with Crippen LogP contribution in [0.4, 0.5) is 5.82 Å². The van der Waals surface area contributed by atoms with Crippen LogP contribution in [0.15, 0.2) is 30.7 Å². The number of aryl methyl sites for hydroxylation is 1. The zero-order chi connectivity index (χ0) is 15.8. The third kappa shape index (κ3) is 2.79. The highest BCUT2D eigenvalue weighted by atomic mass is 16.3. The molecule has 1 saturated carbocycles. The lowest BCUT2D eigenvalue weighted by molar-refractivity contribution is 0.126. The Morgan fingerprint density at radius 3 is 2.74 bits per heavy atom. The fourth-order valence-corrected chi connectivity index (χ4v) is 3.13. The van der Waals surface area contributed by atoms with Crippen molar-refractivity contribution in [2.75, 3.05) is 5.32 Å². The molecule has 7 nitrogen and oxygen atoms in total. The molecule has 2 N–H and O–H groups in total. The molecule has 1 fully saturated rings. The van der Waals surface area contributed by atoms with Gasteiger partial charge in [0.05, 0.1) is 24.2 Å². The zero-order valence-corrected chi connectivity index (χ0v) is 13.1. The molecule has 1 aliphatic carbocycles. The average molecular weight is 312 g/mol. The van der Waals surface area contributed by atoms with Crippen molar-refractivity contribution in [3.63, 3.8) is 0 Å². The van der Waals surface area contributed by atoms with Gasteiger partial charge in [-0.3, -0.25) is 4.68 Å². The maximum Gasteiger partial charge on any atom is 0.154 e. The van der Waals surface area contributed by atoms with E-state index in [1.54, 1.807) is 4.68 Å². The molecule has 3 aromatic heterocycles. The summed E-state index contributed by atoms with van der Waals surface area (Å²) in [4.78, 5) is 4.40. The van der Waals surface area contributed by atoms with Crippen LogP contribution >= 0.6 is 0 Å². The second kappa shape index (κ2) is 5.66. The predicted molar refractivity (Wildman–Crippen MR) is 87.1 cm³/mol. The fourth-order valence-electron chi connectivity index (χ4n) is 3.13. The molecule has 23 heavy (non-hydrogen) atoms. The smallest absolute Gasteiger partial charge is 0.154 e. The van der Waals surface area contributed by atoms with Crippen molar-refractivity contribution in [3.8, 4) is 11.3 Å². The fraction of sp³-hybridized carbons (Fsp3) is 0.438. The Balaban J connectivity index is 1.62. The number of fused-ring (bicyclic) bond motifs is 1. The van der Waals surface area contributed by atoms with Crippen LogP contribution in [-0.2, 0) is 7.05 Å². The van der Waals surface area contributed by atoms with Gasteiger partial charge in [0.2, 0.25) is 0 Å². The highest BCUT2D eigenvalue weighted by Gasteiger charge is 2.19. The minimum Gasteiger partial charge on any atom is -0.393 e. The Morgan fingerprint density at radius 1 is 1.17 bits per heavy atom. The van der Waals surface area contributed by atoms with Gasteiger partial charge >= 0.3 is 0 Å². The van der Waals surface area contributed by atoms with Crippen molar-refractivity contribution >= 4 is 11.5 Å². The molecule has 0 unspecified atom stereocenters. The van der Waals surface area contributed by atoms with Gasteiger partial charge in [0.1, 0.15) is 5.82 Å². The van der Waals surface area contributed by atoms with Gasteiger partial charge in [0, 0.05) is 24.8 Å². The van der Waals surface area contributed by atoms with E-state index in [9.17, 15) is 5.11 Å². The molecule has 0 bridgehead atoms. The van der Waals surface area contributed by atoms with Gasteiger partial charge in [-0.25, -0.2) is 9.50 Å². The molecule has 1 aliphatic rings. The lowest BCUT2D eigenvalue weighted by Gasteiger charge is -2.26. The molecule has 0 saturated heterocycles. The number of aromatic nitrogens is 5. The van der Waals surface area contributed by atoms with Crippen molar-refractivity contribution < 1.29 is 5.11 Å².